The SMILES string of the molecule is CN(CCO)Cc1ccc(COc2cccc(-c3c(C(=O)c4ccccc4)cnc4c(C(F)(F)F)cccc34)c2)cc1. The largest absolute Gasteiger partial charge is 0.489 e. The van der Waals surface area contributed by atoms with Gasteiger partial charge < -0.3 is 9.84 Å². The van der Waals surface area contributed by atoms with Crippen LogP contribution in [0.1, 0.15) is 32.6 Å². The molecule has 1 aromatic heterocycles. The lowest BCUT2D eigenvalue weighted by Gasteiger charge is -2.17. The molecule has 214 valence electrons. The van der Waals surface area contributed by atoms with Gasteiger partial charge in [-0.05, 0) is 41.9 Å². The van der Waals surface area contributed by atoms with Crippen LogP contribution in [-0.2, 0) is 19.3 Å². The zero-order valence-electron chi connectivity index (χ0n) is 22.9. The minimum Gasteiger partial charge on any atom is -0.489 e. The molecule has 1 N–H and O–H groups in total. The maximum Gasteiger partial charge on any atom is 0.418 e. The molecule has 0 atom stereocenters. The van der Waals surface area contributed by atoms with Gasteiger partial charge in [-0.2, -0.15) is 13.2 Å². The normalized spacial score (nSPS) is 11.7. The van der Waals surface area contributed by atoms with Crippen molar-refractivity contribution in [3.8, 4) is 16.9 Å². The molecule has 1 heterocycles. The first-order chi connectivity index (χ1) is 20.2. The van der Waals surface area contributed by atoms with E-state index in [1.807, 2.05) is 36.2 Å². The quantitative estimate of drug-likeness (QED) is 0.181. The molecule has 0 amide bonds. The zero-order chi connectivity index (χ0) is 29.7. The number of ketones is 1. The van der Waals surface area contributed by atoms with Gasteiger partial charge in [0.15, 0.2) is 5.78 Å². The van der Waals surface area contributed by atoms with Crippen LogP contribution in [0.2, 0.25) is 0 Å². The van der Waals surface area contributed by atoms with Crippen LogP contribution in [0, 0.1) is 0 Å². The van der Waals surface area contributed by atoms with Crippen LogP contribution in [-0.4, -0.2) is 41.0 Å². The number of alkyl halides is 3. The molecule has 5 nitrogen and oxygen atoms in total. The molecule has 0 unspecified atom stereocenters. The maximum absolute atomic E-state index is 13.9. The van der Waals surface area contributed by atoms with Crippen molar-refractivity contribution >= 4 is 16.7 Å². The Hall–Kier alpha value is -4.53. The van der Waals surface area contributed by atoms with Crippen molar-refractivity contribution in [1.29, 1.82) is 0 Å². The first-order valence-electron chi connectivity index (χ1n) is 13.4. The summed E-state index contributed by atoms with van der Waals surface area (Å²) in [5.74, 6) is 0.169. The predicted octanol–water partition coefficient (Wildman–Crippen LogP) is 7.15. The number of rotatable bonds is 10. The standard InChI is InChI=1S/C34H29F3N2O3/c1-39(17-18-40)21-23-13-15-24(16-14-23)22-42-27-10-5-9-26(19-27)31-28-11-6-12-30(34(35,36)37)32(28)38-20-29(31)33(41)25-7-3-2-4-8-25/h2-16,19-20,40H,17-18,21-22H2,1H3. The molecule has 0 saturated heterocycles. The molecule has 5 rings (SSSR count). The van der Waals surface area contributed by atoms with Crippen LogP contribution in [0.4, 0.5) is 13.2 Å². The molecule has 0 spiro atoms. The topological polar surface area (TPSA) is 62.7 Å². The Morgan fingerprint density at radius 1 is 0.905 bits per heavy atom. The average Bonchev–Trinajstić information content (AvgIpc) is 2.99. The van der Waals surface area contributed by atoms with Gasteiger partial charge in [0.2, 0.25) is 0 Å². The molecule has 0 bridgehead atoms. The number of hydrogen-bond donors (Lipinski definition) is 1. The number of hydrogen-bond acceptors (Lipinski definition) is 5. The number of aromatic nitrogens is 1. The van der Waals surface area contributed by atoms with Crippen LogP contribution in [0.5, 0.6) is 5.75 Å². The molecule has 4 aromatic carbocycles. The molecular formula is C34H29F3N2O3. The number of aliphatic hydroxyl groups is 1. The van der Waals surface area contributed by atoms with Gasteiger partial charge in [0.05, 0.1) is 17.7 Å². The number of nitrogens with zero attached hydrogens (tertiary/aromatic N) is 2. The van der Waals surface area contributed by atoms with Crippen molar-refractivity contribution in [2.75, 3.05) is 20.2 Å². The Morgan fingerprint density at radius 3 is 2.33 bits per heavy atom. The highest BCUT2D eigenvalue weighted by atomic mass is 19.4. The summed E-state index contributed by atoms with van der Waals surface area (Å²) in [6.45, 7) is 1.68. The zero-order valence-corrected chi connectivity index (χ0v) is 22.9. The van der Waals surface area contributed by atoms with Crippen molar-refractivity contribution < 1.29 is 27.8 Å². The van der Waals surface area contributed by atoms with Crippen LogP contribution in [0.3, 0.4) is 0 Å². The van der Waals surface area contributed by atoms with E-state index in [4.69, 9.17) is 9.84 Å². The summed E-state index contributed by atoms with van der Waals surface area (Å²) in [5, 5.41) is 9.32. The number of benzene rings is 4. The van der Waals surface area contributed by atoms with E-state index in [0.717, 1.165) is 17.2 Å². The third-order valence-electron chi connectivity index (χ3n) is 6.97. The lowest BCUT2D eigenvalue weighted by molar-refractivity contribution is -0.136. The molecule has 0 fully saturated rings. The van der Waals surface area contributed by atoms with Gasteiger partial charge in [-0.3, -0.25) is 14.7 Å². The van der Waals surface area contributed by atoms with Crippen molar-refractivity contribution in [1.82, 2.24) is 9.88 Å². The molecule has 0 aliphatic heterocycles. The van der Waals surface area contributed by atoms with E-state index in [0.29, 0.717) is 35.5 Å². The van der Waals surface area contributed by atoms with E-state index < -0.39 is 11.7 Å². The second kappa shape index (κ2) is 12.5. The van der Waals surface area contributed by atoms with Crippen molar-refractivity contribution in [2.45, 2.75) is 19.3 Å². The summed E-state index contributed by atoms with van der Waals surface area (Å²) >= 11 is 0. The second-order valence-electron chi connectivity index (χ2n) is 10.0. The maximum atomic E-state index is 13.9. The first kappa shape index (κ1) is 29.0. The fourth-order valence-corrected chi connectivity index (χ4v) is 4.89. The number of ether oxygens (including phenoxy) is 1. The lowest BCUT2D eigenvalue weighted by Crippen LogP contribution is -2.21. The number of halogens is 3. The molecule has 8 heteroatoms. The molecule has 0 aliphatic carbocycles. The minimum atomic E-state index is -4.61. The van der Waals surface area contributed by atoms with Gasteiger partial charge in [0, 0.05) is 41.4 Å². The fourth-order valence-electron chi connectivity index (χ4n) is 4.89. The number of aliphatic hydroxyl groups excluding tert-OH is 1. The Labute approximate surface area is 241 Å². The van der Waals surface area contributed by atoms with E-state index in [9.17, 15) is 18.0 Å². The van der Waals surface area contributed by atoms with Crippen molar-refractivity contribution in [2.24, 2.45) is 0 Å². The Balaban J connectivity index is 1.49. The molecule has 5 aromatic rings. The van der Waals surface area contributed by atoms with Crippen LogP contribution >= 0.6 is 0 Å². The summed E-state index contributed by atoms with van der Waals surface area (Å²) in [7, 11) is 1.94. The third-order valence-corrected chi connectivity index (χ3v) is 6.97. The van der Waals surface area contributed by atoms with Gasteiger partial charge in [-0.1, -0.05) is 78.9 Å². The van der Waals surface area contributed by atoms with Gasteiger partial charge in [-0.15, -0.1) is 0 Å². The number of pyridine rings is 1. The van der Waals surface area contributed by atoms with E-state index in [-0.39, 0.29) is 35.5 Å². The summed E-state index contributed by atoms with van der Waals surface area (Å²) in [6, 6.07) is 27.4. The van der Waals surface area contributed by atoms with Crippen molar-refractivity contribution in [3.05, 3.63) is 131 Å². The van der Waals surface area contributed by atoms with Gasteiger partial charge in [-0.25, -0.2) is 0 Å². The van der Waals surface area contributed by atoms with E-state index in [2.05, 4.69) is 4.98 Å². The third kappa shape index (κ3) is 6.51. The first-order valence-corrected chi connectivity index (χ1v) is 13.4. The highest BCUT2D eigenvalue weighted by molar-refractivity contribution is 6.16. The Morgan fingerprint density at radius 2 is 1.62 bits per heavy atom. The van der Waals surface area contributed by atoms with E-state index in [1.54, 1.807) is 60.7 Å². The molecule has 0 radical (unpaired) electrons. The van der Waals surface area contributed by atoms with Crippen molar-refractivity contribution in [3.63, 3.8) is 0 Å². The predicted molar refractivity (Wildman–Crippen MR) is 156 cm³/mol. The van der Waals surface area contributed by atoms with Crippen LogP contribution < -0.4 is 4.74 Å². The summed E-state index contributed by atoms with van der Waals surface area (Å²) in [4.78, 5) is 19.7. The van der Waals surface area contributed by atoms with Crippen LogP contribution in [0.25, 0.3) is 22.0 Å². The molecule has 0 aliphatic rings. The molecule has 42 heavy (non-hydrogen) atoms. The van der Waals surface area contributed by atoms with Crippen LogP contribution in [0.15, 0.2) is 103 Å². The van der Waals surface area contributed by atoms with Gasteiger partial charge in [0.25, 0.3) is 0 Å². The number of para-hydroxylation sites is 1. The Kier molecular flexibility index (Phi) is 8.66. The highest BCUT2D eigenvalue weighted by Crippen LogP contribution is 2.39. The number of likely N-dealkylation sites (N-methyl/N-ethyl adjacent to an activating group) is 1. The molecular weight excluding hydrogens is 541 g/mol. The smallest absolute Gasteiger partial charge is 0.418 e. The molecule has 0 saturated carbocycles. The average molecular weight is 571 g/mol. The summed E-state index contributed by atoms with van der Waals surface area (Å²) in [6.07, 6.45) is -3.38. The lowest BCUT2D eigenvalue weighted by atomic mass is 9.91. The number of carbonyl (C=O) groups excluding carboxylic acids is 1. The summed E-state index contributed by atoms with van der Waals surface area (Å²) < 4.78 is 47.7. The Bertz CT molecular complexity index is 1690. The minimum absolute atomic E-state index is 0.0994. The number of carbonyl (C=O) groups is 1. The summed E-state index contributed by atoms with van der Waals surface area (Å²) in [5.41, 5.74) is 2.48. The number of fused-ring (bicyclic) bond motifs is 1. The highest BCUT2D eigenvalue weighted by Gasteiger charge is 2.34. The second-order valence-corrected chi connectivity index (χ2v) is 10.0. The van der Waals surface area contributed by atoms with E-state index in [1.165, 1.54) is 12.3 Å². The fraction of sp³-hybridized carbons (Fsp3) is 0.176. The van der Waals surface area contributed by atoms with Gasteiger partial charge in [0.1, 0.15) is 12.4 Å². The monoisotopic (exact) mass is 570 g/mol. The van der Waals surface area contributed by atoms with E-state index >= 15 is 0 Å². The van der Waals surface area contributed by atoms with Gasteiger partial charge >= 0.3 is 6.18 Å².